The molecular formula is C26H25N3O4S. The van der Waals surface area contributed by atoms with E-state index >= 15 is 0 Å². The van der Waals surface area contributed by atoms with Gasteiger partial charge in [0, 0.05) is 18.7 Å². The van der Waals surface area contributed by atoms with E-state index in [1.54, 1.807) is 57.3 Å². The first-order chi connectivity index (χ1) is 16.3. The van der Waals surface area contributed by atoms with E-state index in [4.69, 9.17) is 4.74 Å². The molecule has 3 aromatic carbocycles. The zero-order valence-corrected chi connectivity index (χ0v) is 20.0. The Morgan fingerprint density at radius 1 is 0.941 bits per heavy atom. The Bertz CT molecular complexity index is 1450. The number of carbonyl (C=O) groups is 1. The van der Waals surface area contributed by atoms with Crippen LogP contribution in [0.3, 0.4) is 0 Å². The molecule has 0 saturated heterocycles. The number of esters is 1. The van der Waals surface area contributed by atoms with Crippen LogP contribution in [0.15, 0.2) is 77.8 Å². The van der Waals surface area contributed by atoms with Crippen LogP contribution in [0.25, 0.3) is 22.3 Å². The van der Waals surface area contributed by atoms with E-state index in [1.807, 2.05) is 24.3 Å². The first kappa shape index (κ1) is 23.5. The summed E-state index contributed by atoms with van der Waals surface area (Å²) in [7, 11) is -3.69. The minimum absolute atomic E-state index is 0.0685. The molecule has 0 radical (unpaired) electrons. The van der Waals surface area contributed by atoms with Crippen molar-refractivity contribution in [3.63, 3.8) is 0 Å². The third-order valence-corrected chi connectivity index (χ3v) is 7.63. The lowest BCUT2D eigenvalue weighted by Gasteiger charge is -2.19. The number of fused-ring (bicyclic) bond motifs is 1. The molecule has 0 N–H and O–H groups in total. The van der Waals surface area contributed by atoms with Crippen LogP contribution in [0.4, 0.5) is 0 Å². The summed E-state index contributed by atoms with van der Waals surface area (Å²) in [5.41, 5.74) is 4.00. The van der Waals surface area contributed by atoms with E-state index in [2.05, 4.69) is 9.97 Å². The highest BCUT2D eigenvalue weighted by atomic mass is 32.2. The van der Waals surface area contributed by atoms with E-state index in [0.29, 0.717) is 30.1 Å². The van der Waals surface area contributed by atoms with Crippen molar-refractivity contribution in [1.29, 1.82) is 0 Å². The Labute approximate surface area is 199 Å². The van der Waals surface area contributed by atoms with Gasteiger partial charge in [-0.1, -0.05) is 32.0 Å². The molecule has 1 aromatic heterocycles. The third-order valence-electron chi connectivity index (χ3n) is 5.58. The second-order valence-corrected chi connectivity index (χ2v) is 9.66. The number of aryl methyl sites for hydroxylation is 1. The van der Waals surface area contributed by atoms with Gasteiger partial charge in [-0.15, -0.1) is 0 Å². The summed E-state index contributed by atoms with van der Waals surface area (Å²) >= 11 is 0. The molecule has 0 aliphatic heterocycles. The Morgan fingerprint density at radius 2 is 1.62 bits per heavy atom. The van der Waals surface area contributed by atoms with Crippen molar-refractivity contribution in [3.05, 3.63) is 84.1 Å². The zero-order chi connectivity index (χ0) is 24.3. The van der Waals surface area contributed by atoms with Gasteiger partial charge in [0.05, 0.1) is 33.4 Å². The largest absolute Gasteiger partial charge is 0.423 e. The maximum absolute atomic E-state index is 12.9. The predicted molar refractivity (Wildman–Crippen MR) is 131 cm³/mol. The SMILES string of the molecule is CCN(CC)S(=O)(=O)c1ccc(C)c(C(=O)Oc2ccc(-c3cnc4ccccc4n3)cc2)c1. The number of sulfonamides is 1. The van der Waals surface area contributed by atoms with Crippen molar-refractivity contribution in [2.45, 2.75) is 25.7 Å². The lowest BCUT2D eigenvalue weighted by molar-refractivity contribution is 0.0733. The van der Waals surface area contributed by atoms with E-state index in [9.17, 15) is 13.2 Å². The number of hydrogen-bond donors (Lipinski definition) is 0. The van der Waals surface area contributed by atoms with Crippen molar-refractivity contribution >= 4 is 27.0 Å². The number of nitrogens with zero attached hydrogens (tertiary/aromatic N) is 3. The van der Waals surface area contributed by atoms with Crippen molar-refractivity contribution in [3.8, 4) is 17.0 Å². The summed E-state index contributed by atoms with van der Waals surface area (Å²) in [6.07, 6.45) is 1.70. The lowest BCUT2D eigenvalue weighted by Crippen LogP contribution is -2.30. The first-order valence-electron chi connectivity index (χ1n) is 11.0. The fraction of sp³-hybridized carbons (Fsp3) is 0.192. The molecule has 4 rings (SSSR count). The zero-order valence-electron chi connectivity index (χ0n) is 19.2. The highest BCUT2D eigenvalue weighted by molar-refractivity contribution is 7.89. The molecule has 1 heterocycles. The van der Waals surface area contributed by atoms with Gasteiger partial charge in [0.1, 0.15) is 5.75 Å². The van der Waals surface area contributed by atoms with Crippen LogP contribution < -0.4 is 4.74 Å². The predicted octanol–water partition coefficient (Wildman–Crippen LogP) is 4.85. The summed E-state index contributed by atoms with van der Waals surface area (Å²) in [6, 6.07) is 19.1. The summed E-state index contributed by atoms with van der Waals surface area (Å²) in [4.78, 5) is 22.0. The van der Waals surface area contributed by atoms with Gasteiger partial charge in [-0.3, -0.25) is 4.98 Å². The van der Waals surface area contributed by atoms with Gasteiger partial charge in [0.2, 0.25) is 10.0 Å². The number of carbonyl (C=O) groups excluding carboxylic acids is 1. The second kappa shape index (κ2) is 9.70. The quantitative estimate of drug-likeness (QED) is 0.280. The molecule has 0 unspecified atom stereocenters. The van der Waals surface area contributed by atoms with E-state index in [0.717, 1.165) is 16.6 Å². The molecule has 8 heteroatoms. The van der Waals surface area contributed by atoms with Crippen LogP contribution in [-0.4, -0.2) is 41.7 Å². The van der Waals surface area contributed by atoms with E-state index < -0.39 is 16.0 Å². The summed E-state index contributed by atoms with van der Waals surface area (Å²) < 4.78 is 32.6. The molecule has 0 amide bonds. The van der Waals surface area contributed by atoms with Crippen LogP contribution in [-0.2, 0) is 10.0 Å². The average molecular weight is 476 g/mol. The summed E-state index contributed by atoms with van der Waals surface area (Å²) in [6.45, 7) is 5.99. The van der Waals surface area contributed by atoms with Crippen LogP contribution in [0.2, 0.25) is 0 Å². The van der Waals surface area contributed by atoms with Gasteiger partial charge in [-0.05, 0) is 61.0 Å². The van der Waals surface area contributed by atoms with E-state index in [1.165, 1.54) is 16.4 Å². The van der Waals surface area contributed by atoms with Crippen LogP contribution in [0.1, 0.15) is 29.8 Å². The van der Waals surface area contributed by atoms with Gasteiger partial charge < -0.3 is 4.74 Å². The number of aromatic nitrogens is 2. The smallest absolute Gasteiger partial charge is 0.343 e. The van der Waals surface area contributed by atoms with E-state index in [-0.39, 0.29) is 10.5 Å². The molecular weight excluding hydrogens is 450 g/mol. The molecule has 0 fully saturated rings. The van der Waals surface area contributed by atoms with Gasteiger partial charge >= 0.3 is 5.97 Å². The second-order valence-electron chi connectivity index (χ2n) is 7.72. The number of para-hydroxylation sites is 2. The molecule has 7 nitrogen and oxygen atoms in total. The Balaban J connectivity index is 1.56. The van der Waals surface area contributed by atoms with Crippen molar-refractivity contribution in [1.82, 2.24) is 14.3 Å². The monoisotopic (exact) mass is 475 g/mol. The maximum atomic E-state index is 12.9. The number of benzene rings is 3. The molecule has 174 valence electrons. The third kappa shape index (κ3) is 4.69. The number of ether oxygens (including phenoxy) is 1. The minimum atomic E-state index is -3.69. The summed E-state index contributed by atoms with van der Waals surface area (Å²) in [5, 5.41) is 0. The number of rotatable bonds is 7. The fourth-order valence-electron chi connectivity index (χ4n) is 3.65. The molecule has 0 spiro atoms. The van der Waals surface area contributed by atoms with Gasteiger partial charge in [-0.2, -0.15) is 4.31 Å². The summed E-state index contributed by atoms with van der Waals surface area (Å²) in [5.74, 6) is -0.272. The average Bonchev–Trinajstić information content (AvgIpc) is 2.85. The molecule has 34 heavy (non-hydrogen) atoms. The number of hydrogen-bond acceptors (Lipinski definition) is 6. The Hall–Kier alpha value is -3.62. The standard InChI is InChI=1S/C26H25N3O4S/c1-4-29(5-2)34(31,32)21-15-10-18(3)22(16-21)26(30)33-20-13-11-19(12-14-20)25-17-27-23-8-6-7-9-24(23)28-25/h6-17H,4-5H2,1-3H3. The van der Waals surface area contributed by atoms with Crippen LogP contribution in [0, 0.1) is 6.92 Å². The van der Waals surface area contributed by atoms with Crippen molar-refractivity contribution < 1.29 is 17.9 Å². The topological polar surface area (TPSA) is 89.5 Å². The molecule has 0 aliphatic carbocycles. The first-order valence-corrected chi connectivity index (χ1v) is 12.4. The Morgan fingerprint density at radius 3 is 2.29 bits per heavy atom. The maximum Gasteiger partial charge on any atom is 0.343 e. The highest BCUT2D eigenvalue weighted by Crippen LogP contribution is 2.24. The van der Waals surface area contributed by atoms with Crippen molar-refractivity contribution in [2.75, 3.05) is 13.1 Å². The van der Waals surface area contributed by atoms with Gasteiger partial charge in [-0.25, -0.2) is 18.2 Å². The minimum Gasteiger partial charge on any atom is -0.423 e. The van der Waals surface area contributed by atoms with Crippen molar-refractivity contribution in [2.24, 2.45) is 0 Å². The Kier molecular flexibility index (Phi) is 6.72. The molecule has 0 aliphatic rings. The van der Waals surface area contributed by atoms with Gasteiger partial charge in [0.25, 0.3) is 0 Å². The van der Waals surface area contributed by atoms with Crippen LogP contribution >= 0.6 is 0 Å². The molecule has 0 atom stereocenters. The molecule has 4 aromatic rings. The highest BCUT2D eigenvalue weighted by Gasteiger charge is 2.24. The normalized spacial score (nSPS) is 11.6. The fourth-order valence-corrected chi connectivity index (χ4v) is 5.13. The molecule has 0 saturated carbocycles. The molecule has 0 bridgehead atoms. The lowest BCUT2D eigenvalue weighted by atomic mass is 10.1. The van der Waals surface area contributed by atoms with Gasteiger partial charge in [0.15, 0.2) is 0 Å². The van der Waals surface area contributed by atoms with Crippen LogP contribution in [0.5, 0.6) is 5.75 Å².